The Kier molecular flexibility index (Phi) is 5.85. The molecule has 1 aromatic carbocycles. The first kappa shape index (κ1) is 17.3. The third-order valence-electron chi connectivity index (χ3n) is 2.11. The van der Waals surface area contributed by atoms with Crippen molar-refractivity contribution < 1.29 is 27.8 Å². The molecule has 0 saturated carbocycles. The van der Waals surface area contributed by atoms with E-state index < -0.39 is 17.6 Å². The molecule has 0 aliphatic heterocycles. The molecule has 1 atom stereocenters. The lowest BCUT2D eigenvalue weighted by molar-refractivity contribution is -0.145. The molecule has 0 saturated heterocycles. The summed E-state index contributed by atoms with van der Waals surface area (Å²) in [5.41, 5.74) is -4.47. The molecule has 1 rings (SSSR count). The van der Waals surface area contributed by atoms with Crippen LogP contribution in [-0.4, -0.2) is 22.7 Å². The number of halogens is 5. The quantitative estimate of drug-likeness (QED) is 0.772. The van der Waals surface area contributed by atoms with Gasteiger partial charge in [-0.25, -0.2) is 4.79 Å². The Labute approximate surface area is 127 Å². The fourth-order valence-corrected chi connectivity index (χ4v) is 2.62. The highest BCUT2D eigenvalue weighted by Gasteiger charge is 2.30. The minimum atomic E-state index is -4.47. The summed E-state index contributed by atoms with van der Waals surface area (Å²) in [6.45, 7) is 1.58. The van der Waals surface area contributed by atoms with Crippen molar-refractivity contribution in [3.8, 4) is 5.75 Å². The smallest absolute Gasteiger partial charge is 0.446 e. The second kappa shape index (κ2) is 6.78. The Morgan fingerprint density at radius 2 is 1.90 bits per heavy atom. The van der Waals surface area contributed by atoms with E-state index in [9.17, 15) is 18.0 Å². The van der Waals surface area contributed by atoms with Gasteiger partial charge in [0.05, 0.1) is 10.0 Å². The van der Waals surface area contributed by atoms with Crippen molar-refractivity contribution in [2.75, 3.05) is 0 Å². The molecule has 0 bridgehead atoms. The zero-order valence-corrected chi connectivity index (χ0v) is 12.3. The van der Waals surface area contributed by atoms with Gasteiger partial charge in [-0.1, -0.05) is 30.1 Å². The highest BCUT2D eigenvalue weighted by atomic mass is 35.5. The largest absolute Gasteiger partial charge is 0.479 e. The van der Waals surface area contributed by atoms with Crippen LogP contribution < -0.4 is 4.74 Å². The SMILES string of the molecule is CCC(Oc1c(Cl)cc(SC(F)(F)F)cc1Cl)C(=O)O. The summed E-state index contributed by atoms with van der Waals surface area (Å²) in [6.07, 6.45) is -1.02. The van der Waals surface area contributed by atoms with E-state index in [4.69, 9.17) is 33.0 Å². The van der Waals surface area contributed by atoms with Gasteiger partial charge in [0.15, 0.2) is 11.9 Å². The van der Waals surface area contributed by atoms with Crippen LogP contribution in [0, 0.1) is 0 Å². The number of alkyl halides is 3. The van der Waals surface area contributed by atoms with E-state index in [1.165, 1.54) is 0 Å². The predicted octanol–water partition coefficient (Wildman–Crippen LogP) is 4.85. The van der Waals surface area contributed by atoms with E-state index in [0.717, 1.165) is 12.1 Å². The van der Waals surface area contributed by atoms with Crippen LogP contribution in [0.4, 0.5) is 13.2 Å². The van der Waals surface area contributed by atoms with Crippen LogP contribution in [0.3, 0.4) is 0 Å². The van der Waals surface area contributed by atoms with Crippen molar-refractivity contribution in [2.45, 2.75) is 29.9 Å². The molecule has 0 amide bonds. The second-order valence-electron chi connectivity index (χ2n) is 3.62. The van der Waals surface area contributed by atoms with Crippen LogP contribution in [0.2, 0.25) is 10.0 Å². The molecule has 112 valence electrons. The molecule has 0 aromatic heterocycles. The molecule has 0 aliphatic rings. The lowest BCUT2D eigenvalue weighted by Gasteiger charge is -2.16. The van der Waals surface area contributed by atoms with E-state index in [0.29, 0.717) is 0 Å². The van der Waals surface area contributed by atoms with Crippen LogP contribution in [-0.2, 0) is 4.79 Å². The van der Waals surface area contributed by atoms with Crippen LogP contribution >= 0.6 is 35.0 Å². The van der Waals surface area contributed by atoms with E-state index in [2.05, 4.69) is 0 Å². The zero-order valence-electron chi connectivity index (χ0n) is 10.0. The number of ether oxygens (including phenoxy) is 1. The van der Waals surface area contributed by atoms with Crippen LogP contribution in [0.25, 0.3) is 0 Å². The maximum absolute atomic E-state index is 12.2. The van der Waals surface area contributed by atoms with Gasteiger partial charge in [-0.2, -0.15) is 13.2 Å². The average Bonchev–Trinajstić information content (AvgIpc) is 2.25. The maximum atomic E-state index is 12.2. The van der Waals surface area contributed by atoms with Gasteiger partial charge < -0.3 is 9.84 Å². The standard InChI is InChI=1S/C11H9Cl2F3O3S/c1-2-8(10(17)18)19-9-6(12)3-5(4-7(9)13)20-11(14,15)16/h3-4,8H,2H2,1H3,(H,17,18). The number of thioether (sulfide) groups is 1. The van der Waals surface area contributed by atoms with Crippen molar-refractivity contribution in [1.82, 2.24) is 0 Å². The Morgan fingerprint density at radius 1 is 1.40 bits per heavy atom. The number of aliphatic carboxylic acids is 1. The van der Waals surface area contributed by atoms with Gasteiger partial charge in [0.25, 0.3) is 0 Å². The number of rotatable bonds is 5. The number of hydrogen-bond acceptors (Lipinski definition) is 3. The van der Waals surface area contributed by atoms with Crippen molar-refractivity contribution >= 4 is 40.9 Å². The molecule has 20 heavy (non-hydrogen) atoms. The minimum Gasteiger partial charge on any atom is -0.479 e. The first-order valence-electron chi connectivity index (χ1n) is 5.28. The van der Waals surface area contributed by atoms with E-state index in [1.54, 1.807) is 6.92 Å². The van der Waals surface area contributed by atoms with Gasteiger partial charge in [0.1, 0.15) is 0 Å². The molecule has 0 heterocycles. The predicted molar refractivity (Wildman–Crippen MR) is 70.7 cm³/mol. The van der Waals surface area contributed by atoms with Crippen molar-refractivity contribution in [2.24, 2.45) is 0 Å². The topological polar surface area (TPSA) is 46.5 Å². The molecule has 1 N–H and O–H groups in total. The van der Waals surface area contributed by atoms with Gasteiger partial charge in [0, 0.05) is 4.90 Å². The van der Waals surface area contributed by atoms with Gasteiger partial charge in [-0.3, -0.25) is 0 Å². The Bertz CT molecular complexity index is 485. The molecule has 1 unspecified atom stereocenters. The van der Waals surface area contributed by atoms with Crippen LogP contribution in [0.15, 0.2) is 17.0 Å². The second-order valence-corrected chi connectivity index (χ2v) is 5.57. The normalized spacial score (nSPS) is 13.1. The number of benzene rings is 1. The summed E-state index contributed by atoms with van der Waals surface area (Å²) in [7, 11) is 0. The molecule has 1 aromatic rings. The Hall–Kier alpha value is -0.790. The first-order valence-corrected chi connectivity index (χ1v) is 6.85. The van der Waals surface area contributed by atoms with E-state index >= 15 is 0 Å². The summed E-state index contributed by atoms with van der Waals surface area (Å²) in [5, 5.41) is 8.51. The summed E-state index contributed by atoms with van der Waals surface area (Å²) >= 11 is 11.2. The highest BCUT2D eigenvalue weighted by molar-refractivity contribution is 8.00. The van der Waals surface area contributed by atoms with Crippen LogP contribution in [0.1, 0.15) is 13.3 Å². The maximum Gasteiger partial charge on any atom is 0.446 e. The number of carboxylic acids is 1. The van der Waals surface area contributed by atoms with Crippen molar-refractivity contribution in [1.29, 1.82) is 0 Å². The fraction of sp³-hybridized carbons (Fsp3) is 0.364. The summed E-state index contributed by atoms with van der Waals surface area (Å²) in [6, 6.07) is 2.05. The van der Waals surface area contributed by atoms with Crippen molar-refractivity contribution in [3.63, 3.8) is 0 Å². The summed E-state index contributed by atoms with van der Waals surface area (Å²) in [4.78, 5) is 10.6. The Balaban J connectivity index is 3.03. The van der Waals surface area contributed by atoms with Gasteiger partial charge >= 0.3 is 11.5 Å². The fourth-order valence-electron chi connectivity index (χ4n) is 1.29. The van der Waals surface area contributed by atoms with E-state index in [1.807, 2.05) is 0 Å². The first-order chi connectivity index (χ1) is 9.14. The molecule has 0 radical (unpaired) electrons. The monoisotopic (exact) mass is 348 g/mol. The number of hydrogen-bond donors (Lipinski definition) is 1. The van der Waals surface area contributed by atoms with Gasteiger partial charge in [0.2, 0.25) is 0 Å². The van der Waals surface area contributed by atoms with Gasteiger partial charge in [-0.15, -0.1) is 0 Å². The molecule has 3 nitrogen and oxygen atoms in total. The summed E-state index contributed by atoms with van der Waals surface area (Å²) in [5.74, 6) is -1.36. The average molecular weight is 349 g/mol. The third kappa shape index (κ3) is 4.96. The molecular weight excluding hydrogens is 340 g/mol. The summed E-state index contributed by atoms with van der Waals surface area (Å²) < 4.78 is 41.8. The zero-order chi connectivity index (χ0) is 15.5. The molecule has 0 fully saturated rings. The lowest BCUT2D eigenvalue weighted by Crippen LogP contribution is -2.26. The lowest BCUT2D eigenvalue weighted by atomic mass is 10.2. The van der Waals surface area contributed by atoms with E-state index in [-0.39, 0.29) is 38.9 Å². The molecule has 0 spiro atoms. The van der Waals surface area contributed by atoms with Crippen molar-refractivity contribution in [3.05, 3.63) is 22.2 Å². The molecular formula is C11H9Cl2F3O3S. The Morgan fingerprint density at radius 3 is 2.25 bits per heavy atom. The highest BCUT2D eigenvalue weighted by Crippen LogP contribution is 2.43. The molecule has 0 aliphatic carbocycles. The number of carbonyl (C=O) groups is 1. The van der Waals surface area contributed by atoms with Gasteiger partial charge in [-0.05, 0) is 30.3 Å². The third-order valence-corrected chi connectivity index (χ3v) is 3.38. The number of carboxylic acid groups (broad SMARTS) is 1. The van der Waals surface area contributed by atoms with Crippen LogP contribution in [0.5, 0.6) is 5.75 Å². The minimum absolute atomic E-state index is 0.144. The molecule has 9 heteroatoms.